The van der Waals surface area contributed by atoms with E-state index in [0.717, 1.165) is 6.26 Å². The maximum absolute atomic E-state index is 13.5. The molecule has 12 heteroatoms. The molecular weight excluding hydrogens is 494 g/mol. The van der Waals surface area contributed by atoms with E-state index in [2.05, 4.69) is 4.72 Å². The van der Waals surface area contributed by atoms with Gasteiger partial charge in [0.15, 0.2) is 0 Å². The lowest BCUT2D eigenvalue weighted by atomic mass is 9.99. The van der Waals surface area contributed by atoms with Gasteiger partial charge in [-0.25, -0.2) is 21.1 Å². The first-order valence-corrected chi connectivity index (χ1v) is 14.4. The minimum Gasteiger partial charge on any atom is -0.488 e. The Hall–Kier alpha value is -2.67. The summed E-state index contributed by atoms with van der Waals surface area (Å²) in [7, 11) is -5.91. The van der Waals surface area contributed by atoms with Crippen LogP contribution in [-0.2, 0) is 20.0 Å². The maximum Gasteiger partial charge on any atom is 0.261 e. The Morgan fingerprint density at radius 1 is 1.17 bits per heavy atom. The predicted octanol–water partition coefficient (Wildman–Crippen LogP) is 1.60. The second-order valence-corrected chi connectivity index (χ2v) is 12.6. The molecule has 0 aliphatic carbocycles. The van der Waals surface area contributed by atoms with Crippen molar-refractivity contribution in [3.8, 4) is 5.75 Å². The lowest BCUT2D eigenvalue weighted by Crippen LogP contribution is -2.50. The van der Waals surface area contributed by atoms with Gasteiger partial charge in [0.2, 0.25) is 10.0 Å². The summed E-state index contributed by atoms with van der Waals surface area (Å²) in [6.07, 6.45) is 0.505. The molecule has 35 heavy (non-hydrogen) atoms. The van der Waals surface area contributed by atoms with Crippen LogP contribution in [0.25, 0.3) is 0 Å². The van der Waals surface area contributed by atoms with Gasteiger partial charge in [-0.2, -0.15) is 0 Å². The van der Waals surface area contributed by atoms with E-state index in [9.17, 15) is 26.7 Å². The van der Waals surface area contributed by atoms with E-state index in [1.54, 1.807) is 25.1 Å². The highest BCUT2D eigenvalue weighted by atomic mass is 32.2. The Kier molecular flexibility index (Phi) is 8.10. The zero-order valence-corrected chi connectivity index (χ0v) is 21.7. The normalized spacial score (nSPS) is 19.9. The summed E-state index contributed by atoms with van der Waals surface area (Å²) in [5.41, 5.74) is 0.275. The van der Waals surface area contributed by atoms with Gasteiger partial charge < -0.3 is 14.7 Å². The molecule has 1 heterocycles. The van der Waals surface area contributed by atoms with E-state index in [1.165, 1.54) is 46.6 Å². The fraction of sp³-hybridized carbons (Fsp3) is 0.435. The third-order valence-electron chi connectivity index (χ3n) is 5.97. The number of amides is 1. The molecule has 0 saturated carbocycles. The summed E-state index contributed by atoms with van der Waals surface area (Å²) < 4.78 is 59.3. The molecular formula is C23H31N3O7S2. The average Bonchev–Trinajstić information content (AvgIpc) is 2.81. The minimum absolute atomic E-state index is 0.0529. The van der Waals surface area contributed by atoms with Crippen molar-refractivity contribution < 1.29 is 31.5 Å². The van der Waals surface area contributed by atoms with Gasteiger partial charge in [0.05, 0.1) is 35.9 Å². The Morgan fingerprint density at radius 2 is 1.83 bits per heavy atom. The summed E-state index contributed by atoms with van der Waals surface area (Å²) >= 11 is 0. The SMILES string of the molecule is C[C@H]1CN([C@@H](C)CO)C(=O)c2cc(NS(=O)(=O)c3ccccc3)ccc2O[C@H]1CN(C)S(C)(=O)=O. The van der Waals surface area contributed by atoms with Crippen molar-refractivity contribution in [3.63, 3.8) is 0 Å². The van der Waals surface area contributed by atoms with Gasteiger partial charge in [-0.05, 0) is 37.3 Å². The van der Waals surface area contributed by atoms with Crippen LogP contribution < -0.4 is 9.46 Å². The molecule has 1 aliphatic rings. The average molecular weight is 526 g/mol. The van der Waals surface area contributed by atoms with E-state index in [1.807, 2.05) is 6.92 Å². The van der Waals surface area contributed by atoms with Crippen LogP contribution in [0.15, 0.2) is 53.4 Å². The molecule has 0 aromatic heterocycles. The number of nitrogens with one attached hydrogen (secondary N) is 1. The molecule has 0 fully saturated rings. The highest BCUT2D eigenvalue weighted by molar-refractivity contribution is 7.92. The maximum atomic E-state index is 13.5. The van der Waals surface area contributed by atoms with Crippen LogP contribution >= 0.6 is 0 Å². The Balaban J connectivity index is 2.02. The summed E-state index contributed by atoms with van der Waals surface area (Å²) in [5.74, 6) is -0.489. The van der Waals surface area contributed by atoms with Crippen LogP contribution in [0.3, 0.4) is 0 Å². The standard InChI is InChI=1S/C23H31N3O7S2/c1-16-13-26(17(2)15-27)23(28)20-12-18(24-35(31,32)19-8-6-5-7-9-19)10-11-21(20)33-22(16)14-25(3)34(4,29)30/h5-12,16-17,22,24,27H,13-15H2,1-4H3/t16-,17-,22-/m0/s1. The number of likely N-dealkylation sites (N-methyl/N-ethyl adjacent to an activating group) is 1. The van der Waals surface area contributed by atoms with Crippen molar-refractivity contribution in [1.29, 1.82) is 0 Å². The van der Waals surface area contributed by atoms with Crippen molar-refractivity contribution in [2.45, 2.75) is 30.9 Å². The third-order valence-corrected chi connectivity index (χ3v) is 8.65. The van der Waals surface area contributed by atoms with Crippen molar-refractivity contribution >= 4 is 31.6 Å². The van der Waals surface area contributed by atoms with Crippen LogP contribution in [0.1, 0.15) is 24.2 Å². The number of aliphatic hydroxyl groups excluding tert-OH is 1. The second-order valence-electron chi connectivity index (χ2n) is 8.80. The zero-order chi connectivity index (χ0) is 26.0. The van der Waals surface area contributed by atoms with Gasteiger partial charge in [0.1, 0.15) is 11.9 Å². The summed E-state index contributed by atoms with van der Waals surface area (Å²) in [6, 6.07) is 11.7. The molecule has 0 unspecified atom stereocenters. The Labute approximate surface area is 206 Å². The zero-order valence-electron chi connectivity index (χ0n) is 20.1. The van der Waals surface area contributed by atoms with Crippen LogP contribution in [0.5, 0.6) is 5.75 Å². The number of nitrogens with zero attached hydrogens (tertiary/aromatic N) is 2. The van der Waals surface area contributed by atoms with Gasteiger partial charge in [-0.1, -0.05) is 25.1 Å². The molecule has 0 spiro atoms. The molecule has 2 aromatic carbocycles. The van der Waals surface area contributed by atoms with Crippen LogP contribution in [-0.4, -0.2) is 82.2 Å². The number of carbonyl (C=O) groups is 1. The topological polar surface area (TPSA) is 133 Å². The van der Waals surface area contributed by atoms with E-state index in [0.29, 0.717) is 0 Å². The molecule has 0 bridgehead atoms. The number of carbonyl (C=O) groups excluding carboxylic acids is 1. The van der Waals surface area contributed by atoms with E-state index >= 15 is 0 Å². The van der Waals surface area contributed by atoms with Gasteiger partial charge in [-0.15, -0.1) is 0 Å². The highest BCUT2D eigenvalue weighted by Crippen LogP contribution is 2.31. The number of fused-ring (bicyclic) bond motifs is 1. The molecule has 0 radical (unpaired) electrons. The predicted molar refractivity (Wildman–Crippen MR) is 132 cm³/mol. The van der Waals surface area contributed by atoms with Crippen LogP contribution in [0.4, 0.5) is 5.69 Å². The van der Waals surface area contributed by atoms with Gasteiger partial charge in [0, 0.05) is 25.2 Å². The fourth-order valence-corrected chi connectivity index (χ4v) is 5.19. The first-order chi connectivity index (χ1) is 16.3. The molecule has 192 valence electrons. The highest BCUT2D eigenvalue weighted by Gasteiger charge is 2.34. The number of sulfonamides is 2. The number of ether oxygens (including phenoxy) is 1. The first-order valence-electron chi connectivity index (χ1n) is 11.0. The largest absolute Gasteiger partial charge is 0.488 e. The first kappa shape index (κ1) is 26.9. The third kappa shape index (κ3) is 6.31. The van der Waals surface area contributed by atoms with Crippen LogP contribution in [0, 0.1) is 5.92 Å². The minimum atomic E-state index is -3.89. The van der Waals surface area contributed by atoms with Gasteiger partial charge in [-0.3, -0.25) is 9.52 Å². The lowest BCUT2D eigenvalue weighted by molar-refractivity contribution is 0.0387. The lowest BCUT2D eigenvalue weighted by Gasteiger charge is -2.38. The molecule has 3 atom stereocenters. The quantitative estimate of drug-likeness (QED) is 0.535. The smallest absolute Gasteiger partial charge is 0.261 e. The van der Waals surface area contributed by atoms with E-state index < -0.39 is 38.1 Å². The van der Waals surface area contributed by atoms with Crippen molar-refractivity contribution in [3.05, 3.63) is 54.1 Å². The Morgan fingerprint density at radius 3 is 2.43 bits per heavy atom. The second kappa shape index (κ2) is 10.5. The molecule has 2 aromatic rings. The number of hydrogen-bond donors (Lipinski definition) is 2. The molecule has 3 rings (SSSR count). The van der Waals surface area contributed by atoms with Crippen LogP contribution in [0.2, 0.25) is 0 Å². The molecule has 2 N–H and O–H groups in total. The molecule has 10 nitrogen and oxygen atoms in total. The molecule has 1 amide bonds. The van der Waals surface area contributed by atoms with E-state index in [4.69, 9.17) is 4.74 Å². The van der Waals surface area contributed by atoms with Crippen molar-refractivity contribution in [2.24, 2.45) is 5.92 Å². The van der Waals surface area contributed by atoms with Gasteiger partial charge in [0.25, 0.3) is 15.9 Å². The summed E-state index contributed by atoms with van der Waals surface area (Å²) in [6.45, 7) is 3.54. The summed E-state index contributed by atoms with van der Waals surface area (Å²) in [4.78, 5) is 15.0. The number of hydrogen-bond acceptors (Lipinski definition) is 7. The monoisotopic (exact) mass is 525 g/mol. The number of anilines is 1. The van der Waals surface area contributed by atoms with E-state index in [-0.39, 0.29) is 47.5 Å². The Bertz CT molecular complexity index is 1270. The van der Waals surface area contributed by atoms with Crippen molar-refractivity contribution in [1.82, 2.24) is 9.21 Å². The number of rotatable bonds is 8. The molecule has 0 saturated heterocycles. The van der Waals surface area contributed by atoms with Crippen molar-refractivity contribution in [2.75, 3.05) is 37.7 Å². The van der Waals surface area contributed by atoms with Gasteiger partial charge >= 0.3 is 0 Å². The summed E-state index contributed by atoms with van der Waals surface area (Å²) in [5, 5.41) is 9.75. The fourth-order valence-electron chi connectivity index (χ4n) is 3.71. The number of benzene rings is 2. The molecule has 1 aliphatic heterocycles. The number of aliphatic hydroxyl groups is 1.